The number of fused-ring (bicyclic) bond motifs is 1. The molecule has 2 aromatic carbocycles. The minimum Gasteiger partial charge on any atom is -0.462 e. The van der Waals surface area contributed by atoms with Crippen molar-refractivity contribution < 1.29 is 14.3 Å². The van der Waals surface area contributed by atoms with E-state index in [9.17, 15) is 9.59 Å². The maximum absolute atomic E-state index is 13.5. The average Bonchev–Trinajstić information content (AvgIpc) is 3.53. The lowest BCUT2D eigenvalue weighted by Crippen LogP contribution is -2.29. The van der Waals surface area contributed by atoms with E-state index in [0.717, 1.165) is 26.2 Å². The second-order valence-electron chi connectivity index (χ2n) is 7.23. The molecule has 8 heteroatoms. The van der Waals surface area contributed by atoms with Gasteiger partial charge >= 0.3 is 5.97 Å². The summed E-state index contributed by atoms with van der Waals surface area (Å²) < 4.78 is 6.03. The molecule has 1 atom stereocenters. The number of thiophene rings is 1. The van der Waals surface area contributed by atoms with E-state index in [4.69, 9.17) is 4.74 Å². The molecular weight excluding hydrogens is 490 g/mol. The number of hydrogen-bond donors (Lipinski definition) is 1. The average molecular weight is 508 g/mol. The molecule has 1 amide bonds. The quantitative estimate of drug-likeness (QED) is 0.345. The molecule has 1 N–H and O–H groups in total. The molecule has 0 fully saturated rings. The molecule has 0 saturated carbocycles. The first-order chi connectivity index (χ1) is 15.6. The number of ether oxygens (including phenoxy) is 1. The third-order valence-electron chi connectivity index (χ3n) is 5.37. The molecule has 0 spiro atoms. The number of hydrogen-bond acceptors (Lipinski definition) is 5. The maximum atomic E-state index is 13.5. The number of aromatic amines is 1. The Morgan fingerprint density at radius 1 is 1.16 bits per heavy atom. The van der Waals surface area contributed by atoms with Crippen LogP contribution in [0, 0.1) is 0 Å². The topological polar surface area (TPSA) is 75.3 Å². The second-order valence-corrected chi connectivity index (χ2v) is 9.10. The van der Waals surface area contributed by atoms with Gasteiger partial charge in [0.15, 0.2) is 5.69 Å². The molecule has 5 rings (SSSR count). The van der Waals surface area contributed by atoms with Crippen LogP contribution in [0.15, 0.2) is 70.5 Å². The van der Waals surface area contributed by atoms with Crippen LogP contribution in [0.4, 0.5) is 5.69 Å². The molecule has 32 heavy (non-hydrogen) atoms. The van der Waals surface area contributed by atoms with Crippen molar-refractivity contribution in [3.8, 4) is 10.6 Å². The van der Waals surface area contributed by atoms with E-state index in [1.165, 1.54) is 0 Å². The van der Waals surface area contributed by atoms with Crippen molar-refractivity contribution in [1.29, 1.82) is 0 Å². The second kappa shape index (κ2) is 8.37. The summed E-state index contributed by atoms with van der Waals surface area (Å²) in [4.78, 5) is 28.3. The third-order valence-corrected chi connectivity index (χ3v) is 6.78. The fraction of sp³-hybridized carbons (Fsp3) is 0.125. The highest BCUT2D eigenvalue weighted by Gasteiger charge is 2.43. The molecule has 0 unspecified atom stereocenters. The van der Waals surface area contributed by atoms with Gasteiger partial charge in [0.25, 0.3) is 5.91 Å². The largest absolute Gasteiger partial charge is 0.462 e. The van der Waals surface area contributed by atoms with Gasteiger partial charge in [-0.3, -0.25) is 14.8 Å². The highest BCUT2D eigenvalue weighted by molar-refractivity contribution is 9.10. The van der Waals surface area contributed by atoms with Gasteiger partial charge in [-0.25, -0.2) is 4.79 Å². The van der Waals surface area contributed by atoms with Gasteiger partial charge in [-0.2, -0.15) is 5.10 Å². The van der Waals surface area contributed by atoms with Gasteiger partial charge in [-0.1, -0.05) is 34.1 Å². The molecule has 0 saturated heterocycles. The van der Waals surface area contributed by atoms with E-state index in [1.807, 2.05) is 41.8 Å². The summed E-state index contributed by atoms with van der Waals surface area (Å²) >= 11 is 5.08. The predicted molar refractivity (Wildman–Crippen MR) is 127 cm³/mol. The number of anilines is 1. The summed E-state index contributed by atoms with van der Waals surface area (Å²) in [6, 6.07) is 18.5. The van der Waals surface area contributed by atoms with Crippen molar-refractivity contribution >= 4 is 44.8 Å². The fourth-order valence-corrected chi connectivity index (χ4v) is 4.95. The lowest BCUT2D eigenvalue weighted by Gasteiger charge is -2.26. The van der Waals surface area contributed by atoms with E-state index in [0.29, 0.717) is 23.6 Å². The number of halogens is 1. The predicted octanol–water partition coefficient (Wildman–Crippen LogP) is 5.83. The zero-order valence-corrected chi connectivity index (χ0v) is 19.4. The monoisotopic (exact) mass is 507 g/mol. The standard InChI is InChI=1S/C24H18BrN3O3S/c1-2-31-24(30)15-7-11-17(12-8-15)28-22(14-5-9-16(25)10-6-14)19-20(18-4-3-13-32-18)26-27-21(19)23(28)29/h3-13,22H,2H2,1H3,(H,26,27)/t22-/m1/s1. The van der Waals surface area contributed by atoms with Crippen molar-refractivity contribution in [3.63, 3.8) is 0 Å². The number of amides is 1. The molecule has 1 aliphatic rings. The number of rotatable bonds is 5. The number of carbonyl (C=O) groups is 2. The van der Waals surface area contributed by atoms with E-state index in [2.05, 4.69) is 26.1 Å². The Balaban J connectivity index is 1.62. The molecule has 4 aromatic rings. The molecule has 0 radical (unpaired) electrons. The number of H-pyrrole nitrogens is 1. The van der Waals surface area contributed by atoms with Gasteiger partial charge < -0.3 is 4.74 Å². The minimum absolute atomic E-state index is 0.184. The van der Waals surface area contributed by atoms with Crippen LogP contribution < -0.4 is 4.90 Å². The summed E-state index contributed by atoms with van der Waals surface area (Å²) in [7, 11) is 0. The number of carbonyl (C=O) groups excluding carboxylic acids is 2. The Bertz CT molecular complexity index is 1280. The van der Waals surface area contributed by atoms with Gasteiger partial charge in [0, 0.05) is 15.7 Å². The molecule has 160 valence electrons. The SMILES string of the molecule is CCOC(=O)c1ccc(N2C(=O)c3n[nH]c(-c4cccs4)c3[C@H]2c2ccc(Br)cc2)cc1. The van der Waals surface area contributed by atoms with Gasteiger partial charge in [0.05, 0.1) is 28.8 Å². The summed E-state index contributed by atoms with van der Waals surface area (Å²) in [5, 5.41) is 9.45. The Labute approximate surface area is 197 Å². The molecule has 0 aliphatic carbocycles. The van der Waals surface area contributed by atoms with Crippen LogP contribution in [-0.4, -0.2) is 28.7 Å². The molecule has 2 aromatic heterocycles. The zero-order chi connectivity index (χ0) is 22.2. The van der Waals surface area contributed by atoms with Crippen LogP contribution in [0.1, 0.15) is 44.9 Å². The number of benzene rings is 2. The maximum Gasteiger partial charge on any atom is 0.338 e. The number of nitrogens with zero attached hydrogens (tertiary/aromatic N) is 2. The first-order valence-electron chi connectivity index (χ1n) is 10.1. The Kier molecular flexibility index (Phi) is 5.40. The summed E-state index contributed by atoms with van der Waals surface area (Å²) in [6.45, 7) is 2.08. The van der Waals surface area contributed by atoms with Crippen molar-refractivity contribution in [1.82, 2.24) is 10.2 Å². The normalized spacial score (nSPS) is 15.1. The zero-order valence-electron chi connectivity index (χ0n) is 17.0. The Morgan fingerprint density at radius 3 is 2.56 bits per heavy atom. The lowest BCUT2D eigenvalue weighted by molar-refractivity contribution is 0.0526. The van der Waals surface area contributed by atoms with Gasteiger partial charge in [-0.15, -0.1) is 11.3 Å². The van der Waals surface area contributed by atoms with Crippen molar-refractivity contribution in [3.05, 3.63) is 92.9 Å². The number of aromatic nitrogens is 2. The Morgan fingerprint density at radius 2 is 1.91 bits per heavy atom. The van der Waals surface area contributed by atoms with Crippen LogP contribution in [0.25, 0.3) is 10.6 Å². The van der Waals surface area contributed by atoms with Crippen LogP contribution in [0.3, 0.4) is 0 Å². The molecule has 1 aliphatic heterocycles. The number of nitrogens with one attached hydrogen (secondary N) is 1. The van der Waals surface area contributed by atoms with Crippen molar-refractivity contribution in [2.75, 3.05) is 11.5 Å². The molecule has 0 bridgehead atoms. The van der Waals surface area contributed by atoms with Gasteiger partial charge in [0.1, 0.15) is 0 Å². The van der Waals surface area contributed by atoms with E-state index < -0.39 is 0 Å². The van der Waals surface area contributed by atoms with Crippen LogP contribution in [0.2, 0.25) is 0 Å². The summed E-state index contributed by atoms with van der Waals surface area (Å²) in [5.74, 6) is -0.569. The van der Waals surface area contributed by atoms with Gasteiger partial charge in [-0.05, 0) is 60.3 Å². The molecule has 3 heterocycles. The van der Waals surface area contributed by atoms with Crippen LogP contribution >= 0.6 is 27.3 Å². The Hall–Kier alpha value is -3.23. The highest BCUT2D eigenvalue weighted by atomic mass is 79.9. The van der Waals surface area contributed by atoms with Crippen LogP contribution in [0.5, 0.6) is 0 Å². The third kappa shape index (κ3) is 3.45. The first-order valence-corrected chi connectivity index (χ1v) is 11.7. The van der Waals surface area contributed by atoms with E-state index >= 15 is 0 Å². The van der Waals surface area contributed by atoms with Crippen molar-refractivity contribution in [2.24, 2.45) is 0 Å². The van der Waals surface area contributed by atoms with Gasteiger partial charge in [0.2, 0.25) is 0 Å². The van der Waals surface area contributed by atoms with E-state index in [1.54, 1.807) is 47.4 Å². The summed E-state index contributed by atoms with van der Waals surface area (Å²) in [6.07, 6.45) is 0. The lowest BCUT2D eigenvalue weighted by atomic mass is 9.98. The molecule has 6 nitrogen and oxygen atoms in total. The minimum atomic E-state index is -0.385. The summed E-state index contributed by atoms with van der Waals surface area (Å²) in [5.41, 5.74) is 4.21. The smallest absolute Gasteiger partial charge is 0.338 e. The molecular formula is C24H18BrN3O3S. The first kappa shape index (κ1) is 20.7. The van der Waals surface area contributed by atoms with Crippen LogP contribution in [-0.2, 0) is 4.74 Å². The number of esters is 1. The highest BCUT2D eigenvalue weighted by Crippen LogP contribution is 2.45. The fourth-order valence-electron chi connectivity index (χ4n) is 3.95. The van der Waals surface area contributed by atoms with E-state index in [-0.39, 0.29) is 17.9 Å². The van der Waals surface area contributed by atoms with Crippen molar-refractivity contribution in [2.45, 2.75) is 13.0 Å².